The van der Waals surface area contributed by atoms with Crippen molar-refractivity contribution >= 4 is 11.8 Å². The number of ether oxygens (including phenoxy) is 1. The molecule has 0 aromatic heterocycles. The van der Waals surface area contributed by atoms with Gasteiger partial charge in [-0.2, -0.15) is 0 Å². The van der Waals surface area contributed by atoms with Crippen molar-refractivity contribution in [3.8, 4) is 5.75 Å². The second-order valence-electron chi connectivity index (χ2n) is 5.38. The molecule has 0 fully saturated rings. The Morgan fingerprint density at radius 2 is 1.62 bits per heavy atom. The molecule has 0 aliphatic heterocycles. The third-order valence-electron chi connectivity index (χ3n) is 3.56. The molecule has 0 aliphatic carbocycles. The molecule has 126 valence electrons. The van der Waals surface area contributed by atoms with Gasteiger partial charge < -0.3 is 15.4 Å². The molecule has 2 aromatic rings. The van der Waals surface area contributed by atoms with Crippen LogP contribution in [-0.4, -0.2) is 25.5 Å². The van der Waals surface area contributed by atoms with Gasteiger partial charge in [0.1, 0.15) is 5.75 Å². The summed E-state index contributed by atoms with van der Waals surface area (Å²) in [4.78, 5) is 23.5. The number of rotatable bonds is 7. The van der Waals surface area contributed by atoms with Gasteiger partial charge >= 0.3 is 11.8 Å². The van der Waals surface area contributed by atoms with Crippen LogP contribution in [0.2, 0.25) is 0 Å². The Balaban J connectivity index is 1.67. The molecule has 2 rings (SSSR count). The van der Waals surface area contributed by atoms with Crippen molar-refractivity contribution in [1.82, 2.24) is 10.6 Å². The minimum absolute atomic E-state index is 0.285. The Labute approximate surface area is 142 Å². The quantitative estimate of drug-likeness (QED) is 0.604. The van der Waals surface area contributed by atoms with E-state index in [4.69, 9.17) is 4.74 Å². The Morgan fingerprint density at radius 3 is 2.38 bits per heavy atom. The van der Waals surface area contributed by atoms with Crippen LogP contribution in [0.15, 0.2) is 54.6 Å². The maximum Gasteiger partial charge on any atom is 0.309 e. The molecular weight excluding hydrogens is 304 g/mol. The van der Waals surface area contributed by atoms with Crippen LogP contribution in [0.5, 0.6) is 5.75 Å². The molecule has 0 radical (unpaired) electrons. The zero-order chi connectivity index (χ0) is 17.2. The predicted octanol–water partition coefficient (Wildman–Crippen LogP) is 2.06. The molecule has 5 heteroatoms. The second-order valence-corrected chi connectivity index (χ2v) is 5.38. The summed E-state index contributed by atoms with van der Waals surface area (Å²) in [6, 6.07) is 17.4. The van der Waals surface area contributed by atoms with Crippen LogP contribution >= 0.6 is 0 Å². The first-order valence-corrected chi connectivity index (χ1v) is 7.92. The Morgan fingerprint density at radius 1 is 0.917 bits per heavy atom. The molecule has 0 bridgehead atoms. The lowest BCUT2D eigenvalue weighted by atomic mass is 10.1. The normalized spacial score (nSPS) is 10.0. The third kappa shape index (κ3) is 5.76. The van der Waals surface area contributed by atoms with E-state index in [1.807, 2.05) is 54.6 Å². The van der Waals surface area contributed by atoms with Gasteiger partial charge in [-0.15, -0.1) is 0 Å². The van der Waals surface area contributed by atoms with E-state index in [0.29, 0.717) is 12.3 Å². The fraction of sp³-hybridized carbons (Fsp3) is 0.263. The van der Waals surface area contributed by atoms with Crippen LogP contribution in [0.25, 0.3) is 0 Å². The molecule has 0 atom stereocenters. The summed E-state index contributed by atoms with van der Waals surface area (Å²) in [6.45, 7) is 0.758. The molecular formula is C19H22N2O3. The van der Waals surface area contributed by atoms with Crippen molar-refractivity contribution in [2.24, 2.45) is 0 Å². The zero-order valence-corrected chi connectivity index (χ0v) is 13.7. The average molecular weight is 326 g/mol. The van der Waals surface area contributed by atoms with Crippen LogP contribution in [0.1, 0.15) is 17.5 Å². The van der Waals surface area contributed by atoms with E-state index >= 15 is 0 Å². The predicted molar refractivity (Wildman–Crippen MR) is 92.6 cm³/mol. The van der Waals surface area contributed by atoms with E-state index < -0.39 is 11.8 Å². The van der Waals surface area contributed by atoms with Crippen LogP contribution < -0.4 is 15.4 Å². The van der Waals surface area contributed by atoms with E-state index in [2.05, 4.69) is 10.6 Å². The van der Waals surface area contributed by atoms with Gasteiger partial charge in [-0.3, -0.25) is 9.59 Å². The molecule has 24 heavy (non-hydrogen) atoms. The van der Waals surface area contributed by atoms with E-state index in [-0.39, 0.29) is 6.54 Å². The minimum atomic E-state index is -0.627. The third-order valence-corrected chi connectivity index (χ3v) is 3.56. The second kappa shape index (κ2) is 9.35. The highest BCUT2D eigenvalue weighted by molar-refractivity contribution is 6.35. The standard InChI is InChI=1S/C19H22N2O3/c1-24-17-11-5-9-16(13-17)14-21-19(23)18(22)20-12-6-10-15-7-3-2-4-8-15/h2-5,7-9,11,13H,6,10,12,14H2,1H3,(H,20,22)(H,21,23). The van der Waals surface area contributed by atoms with Crippen LogP contribution in [0.3, 0.4) is 0 Å². The van der Waals surface area contributed by atoms with Crippen molar-refractivity contribution < 1.29 is 14.3 Å². The van der Waals surface area contributed by atoms with Gasteiger partial charge in [0.15, 0.2) is 0 Å². The minimum Gasteiger partial charge on any atom is -0.497 e. The zero-order valence-electron chi connectivity index (χ0n) is 13.7. The summed E-state index contributed by atoms with van der Waals surface area (Å²) in [6.07, 6.45) is 1.66. The first kappa shape index (κ1) is 17.5. The largest absolute Gasteiger partial charge is 0.497 e. The van der Waals surface area contributed by atoms with Gasteiger partial charge in [-0.25, -0.2) is 0 Å². The molecule has 0 heterocycles. The first-order chi connectivity index (χ1) is 11.7. The molecule has 5 nitrogen and oxygen atoms in total. The van der Waals surface area contributed by atoms with Gasteiger partial charge in [-0.1, -0.05) is 42.5 Å². The summed E-state index contributed by atoms with van der Waals surface area (Å²) in [7, 11) is 1.58. The molecule has 0 saturated heterocycles. The van der Waals surface area contributed by atoms with Crippen molar-refractivity contribution in [2.75, 3.05) is 13.7 Å². The van der Waals surface area contributed by atoms with Crippen molar-refractivity contribution in [3.63, 3.8) is 0 Å². The average Bonchev–Trinajstić information content (AvgIpc) is 2.64. The monoisotopic (exact) mass is 326 g/mol. The number of carbonyl (C=O) groups excluding carboxylic acids is 2. The highest BCUT2D eigenvalue weighted by Gasteiger charge is 2.12. The lowest BCUT2D eigenvalue weighted by molar-refractivity contribution is -0.139. The Bertz CT molecular complexity index is 671. The molecule has 2 N–H and O–H groups in total. The van der Waals surface area contributed by atoms with E-state index in [0.717, 1.165) is 18.4 Å². The van der Waals surface area contributed by atoms with Gasteiger partial charge in [0.05, 0.1) is 7.11 Å². The number of carbonyl (C=O) groups is 2. The number of benzene rings is 2. The number of nitrogens with one attached hydrogen (secondary N) is 2. The van der Waals surface area contributed by atoms with Gasteiger partial charge in [-0.05, 0) is 36.1 Å². The number of hydrogen-bond acceptors (Lipinski definition) is 3. The molecule has 2 aromatic carbocycles. The highest BCUT2D eigenvalue weighted by atomic mass is 16.5. The maximum absolute atomic E-state index is 11.8. The Kier molecular flexibility index (Phi) is 6.83. The number of aryl methyl sites for hydroxylation is 1. The summed E-state index contributed by atoms with van der Waals surface area (Å²) < 4.78 is 5.12. The lowest BCUT2D eigenvalue weighted by Gasteiger charge is -2.08. The maximum atomic E-state index is 11.8. The summed E-state index contributed by atoms with van der Waals surface area (Å²) >= 11 is 0. The van der Waals surface area contributed by atoms with Gasteiger partial charge in [0.2, 0.25) is 0 Å². The van der Waals surface area contributed by atoms with E-state index in [1.165, 1.54) is 5.56 Å². The highest BCUT2D eigenvalue weighted by Crippen LogP contribution is 2.12. The number of hydrogen-bond donors (Lipinski definition) is 2. The van der Waals surface area contributed by atoms with E-state index in [9.17, 15) is 9.59 Å². The van der Waals surface area contributed by atoms with Crippen LogP contribution in [0.4, 0.5) is 0 Å². The SMILES string of the molecule is COc1cccc(CNC(=O)C(=O)NCCCc2ccccc2)c1. The molecule has 0 saturated carbocycles. The van der Waals surface area contributed by atoms with Crippen molar-refractivity contribution in [3.05, 3.63) is 65.7 Å². The van der Waals surface area contributed by atoms with Crippen molar-refractivity contribution in [1.29, 1.82) is 0 Å². The fourth-order valence-corrected chi connectivity index (χ4v) is 2.26. The summed E-state index contributed by atoms with van der Waals surface area (Å²) in [5.74, 6) is -0.518. The lowest BCUT2D eigenvalue weighted by Crippen LogP contribution is -2.40. The summed E-state index contributed by atoms with van der Waals surface area (Å²) in [5.41, 5.74) is 2.09. The number of methoxy groups -OCH3 is 1. The molecule has 0 unspecified atom stereocenters. The number of amides is 2. The van der Waals surface area contributed by atoms with Crippen molar-refractivity contribution in [2.45, 2.75) is 19.4 Å². The van der Waals surface area contributed by atoms with E-state index in [1.54, 1.807) is 7.11 Å². The summed E-state index contributed by atoms with van der Waals surface area (Å²) in [5, 5.41) is 5.24. The molecule has 0 spiro atoms. The van der Waals surface area contributed by atoms with Crippen LogP contribution in [-0.2, 0) is 22.6 Å². The fourth-order valence-electron chi connectivity index (χ4n) is 2.26. The van der Waals surface area contributed by atoms with Gasteiger partial charge in [0.25, 0.3) is 0 Å². The van der Waals surface area contributed by atoms with Crippen LogP contribution in [0, 0.1) is 0 Å². The first-order valence-electron chi connectivity index (χ1n) is 7.92. The Hall–Kier alpha value is -2.82. The van der Waals surface area contributed by atoms with Gasteiger partial charge in [0, 0.05) is 13.1 Å². The molecule has 2 amide bonds. The molecule has 0 aliphatic rings. The smallest absolute Gasteiger partial charge is 0.309 e. The topological polar surface area (TPSA) is 67.4 Å².